The van der Waals surface area contributed by atoms with Crippen LogP contribution < -0.4 is 0 Å². The van der Waals surface area contributed by atoms with Gasteiger partial charge in [0.1, 0.15) is 5.01 Å². The molecule has 0 atom stereocenters. The molecule has 0 bridgehead atoms. The molecule has 0 unspecified atom stereocenters. The minimum absolute atomic E-state index is 0.0810. The molecule has 0 aliphatic carbocycles. The van der Waals surface area contributed by atoms with E-state index in [9.17, 15) is 10.1 Å². The summed E-state index contributed by atoms with van der Waals surface area (Å²) in [4.78, 5) is 11.0. The zero-order chi connectivity index (χ0) is 15.7. The highest BCUT2D eigenvalue weighted by atomic mass is 32.1. The van der Waals surface area contributed by atoms with Gasteiger partial charge in [-0.05, 0) is 23.8 Å². The molecule has 3 aromatic rings. The average Bonchev–Trinajstić information content (AvgIpc) is 3.04. The fraction of sp³-hybridized carbons (Fsp3) is 0.214. The second kappa shape index (κ2) is 5.64. The van der Waals surface area contributed by atoms with E-state index >= 15 is 0 Å². The molecule has 0 fully saturated rings. The van der Waals surface area contributed by atoms with Gasteiger partial charge in [0.25, 0.3) is 5.69 Å². The van der Waals surface area contributed by atoms with Gasteiger partial charge in [0, 0.05) is 18.1 Å². The van der Waals surface area contributed by atoms with Gasteiger partial charge in [0.2, 0.25) is 4.96 Å². The number of hydrogen-bond donors (Lipinski definition) is 0. The highest BCUT2D eigenvalue weighted by Gasteiger charge is 2.12. The first-order valence-corrected chi connectivity index (χ1v) is 7.51. The monoisotopic (exact) mass is 315 g/mol. The highest BCUT2D eigenvalue weighted by Crippen LogP contribution is 2.20. The maximum atomic E-state index is 10.6. The molecule has 0 N–H and O–H groups in total. The van der Waals surface area contributed by atoms with Crippen molar-refractivity contribution in [2.75, 3.05) is 0 Å². The van der Waals surface area contributed by atoms with E-state index in [1.54, 1.807) is 16.6 Å². The molecular formula is C14H13N5O2S. The van der Waals surface area contributed by atoms with E-state index in [0.717, 1.165) is 21.4 Å². The third kappa shape index (κ3) is 2.73. The standard InChI is InChI=1S/C14H13N5O2S/c1-9(2)13-15-16-14-18(13)17-12(22-14)8-5-10-3-6-11(7-4-10)19(20)21/h3-9H,1-2H3/b8-5+. The fourth-order valence-electron chi connectivity index (χ4n) is 1.95. The number of fused-ring (bicyclic) bond motifs is 1. The van der Waals surface area contributed by atoms with Crippen LogP contribution in [0.25, 0.3) is 17.1 Å². The molecule has 0 aliphatic heterocycles. The van der Waals surface area contributed by atoms with Crippen molar-refractivity contribution < 1.29 is 4.92 Å². The van der Waals surface area contributed by atoms with Gasteiger partial charge in [-0.15, -0.1) is 10.2 Å². The first-order valence-electron chi connectivity index (χ1n) is 6.69. The molecule has 7 nitrogen and oxygen atoms in total. The quantitative estimate of drug-likeness (QED) is 0.544. The molecule has 0 spiro atoms. The van der Waals surface area contributed by atoms with E-state index in [-0.39, 0.29) is 11.6 Å². The molecule has 1 aromatic carbocycles. The molecule has 2 aromatic heterocycles. The van der Waals surface area contributed by atoms with Crippen LogP contribution in [0.3, 0.4) is 0 Å². The molecule has 8 heteroatoms. The summed E-state index contributed by atoms with van der Waals surface area (Å²) >= 11 is 1.45. The molecule has 0 saturated carbocycles. The number of benzene rings is 1. The van der Waals surface area contributed by atoms with E-state index in [4.69, 9.17) is 0 Å². The predicted molar refractivity (Wildman–Crippen MR) is 84.8 cm³/mol. The van der Waals surface area contributed by atoms with Crippen LogP contribution in [0.2, 0.25) is 0 Å². The lowest BCUT2D eigenvalue weighted by molar-refractivity contribution is -0.384. The molecule has 0 saturated heterocycles. The number of non-ortho nitro benzene ring substituents is 1. The van der Waals surface area contributed by atoms with Gasteiger partial charge in [-0.2, -0.15) is 9.61 Å². The van der Waals surface area contributed by atoms with Crippen LogP contribution >= 0.6 is 11.3 Å². The van der Waals surface area contributed by atoms with Gasteiger partial charge in [0.05, 0.1) is 4.92 Å². The summed E-state index contributed by atoms with van der Waals surface area (Å²) in [5.74, 6) is 1.09. The summed E-state index contributed by atoms with van der Waals surface area (Å²) in [6.45, 7) is 4.09. The van der Waals surface area contributed by atoms with Gasteiger partial charge in [0.15, 0.2) is 5.82 Å². The Morgan fingerprint density at radius 3 is 2.59 bits per heavy atom. The van der Waals surface area contributed by atoms with Crippen molar-refractivity contribution in [1.29, 1.82) is 0 Å². The molecular weight excluding hydrogens is 302 g/mol. The van der Waals surface area contributed by atoms with Crippen LogP contribution in [-0.2, 0) is 0 Å². The highest BCUT2D eigenvalue weighted by molar-refractivity contribution is 7.17. The predicted octanol–water partition coefficient (Wildman–Crippen LogP) is 3.39. The lowest BCUT2D eigenvalue weighted by atomic mass is 10.2. The molecule has 3 rings (SSSR count). The van der Waals surface area contributed by atoms with Crippen molar-refractivity contribution >= 4 is 34.1 Å². The van der Waals surface area contributed by atoms with Crippen LogP contribution in [0.4, 0.5) is 5.69 Å². The van der Waals surface area contributed by atoms with E-state index in [0.29, 0.717) is 0 Å². The van der Waals surface area contributed by atoms with Crippen molar-refractivity contribution in [1.82, 2.24) is 19.8 Å². The molecule has 112 valence electrons. The van der Waals surface area contributed by atoms with Gasteiger partial charge < -0.3 is 0 Å². The van der Waals surface area contributed by atoms with E-state index < -0.39 is 4.92 Å². The second-order valence-electron chi connectivity index (χ2n) is 5.03. The average molecular weight is 315 g/mol. The summed E-state index contributed by atoms with van der Waals surface area (Å²) < 4.78 is 1.75. The Morgan fingerprint density at radius 2 is 1.95 bits per heavy atom. The van der Waals surface area contributed by atoms with Crippen LogP contribution in [-0.4, -0.2) is 24.7 Å². The Bertz CT molecular complexity index is 848. The Morgan fingerprint density at radius 1 is 1.23 bits per heavy atom. The number of hydrogen-bond acceptors (Lipinski definition) is 6. The lowest BCUT2D eigenvalue weighted by Gasteiger charge is -1.97. The number of rotatable bonds is 4. The Kier molecular flexibility index (Phi) is 3.68. The first kappa shape index (κ1) is 14.3. The summed E-state index contributed by atoms with van der Waals surface area (Å²) in [5, 5.41) is 24.1. The zero-order valence-corrected chi connectivity index (χ0v) is 12.8. The largest absolute Gasteiger partial charge is 0.269 e. The van der Waals surface area contributed by atoms with Gasteiger partial charge >= 0.3 is 0 Å². The van der Waals surface area contributed by atoms with Crippen molar-refractivity contribution in [3.63, 3.8) is 0 Å². The van der Waals surface area contributed by atoms with Crippen molar-refractivity contribution in [3.8, 4) is 0 Å². The van der Waals surface area contributed by atoms with Crippen LogP contribution in [0.15, 0.2) is 24.3 Å². The third-order valence-corrected chi connectivity index (χ3v) is 3.93. The summed E-state index contributed by atoms with van der Waals surface area (Å²) in [6, 6.07) is 6.37. The molecule has 0 radical (unpaired) electrons. The first-order chi connectivity index (χ1) is 10.5. The van der Waals surface area contributed by atoms with Crippen LogP contribution in [0.5, 0.6) is 0 Å². The minimum Gasteiger partial charge on any atom is -0.258 e. The smallest absolute Gasteiger partial charge is 0.258 e. The Labute approximate surface area is 130 Å². The number of aromatic nitrogens is 4. The lowest BCUT2D eigenvalue weighted by Crippen LogP contribution is -1.97. The Hall–Kier alpha value is -2.61. The molecule has 0 amide bonds. The maximum absolute atomic E-state index is 10.6. The van der Waals surface area contributed by atoms with Crippen molar-refractivity contribution in [2.24, 2.45) is 0 Å². The molecule has 0 aliphatic rings. The summed E-state index contributed by atoms with van der Waals surface area (Å²) in [5.41, 5.74) is 0.957. The van der Waals surface area contributed by atoms with Crippen molar-refractivity contribution in [3.05, 3.63) is 50.8 Å². The van der Waals surface area contributed by atoms with E-state index in [1.165, 1.54) is 23.5 Å². The van der Waals surface area contributed by atoms with Crippen LogP contribution in [0.1, 0.15) is 36.2 Å². The second-order valence-corrected chi connectivity index (χ2v) is 6.02. The molecule has 2 heterocycles. The molecule has 22 heavy (non-hydrogen) atoms. The minimum atomic E-state index is -0.413. The van der Waals surface area contributed by atoms with E-state index in [1.807, 2.05) is 26.0 Å². The maximum Gasteiger partial charge on any atom is 0.269 e. The fourth-order valence-corrected chi connectivity index (χ4v) is 2.70. The number of nitro benzene ring substituents is 1. The van der Waals surface area contributed by atoms with Gasteiger partial charge in [-0.3, -0.25) is 10.1 Å². The Balaban J connectivity index is 1.84. The van der Waals surface area contributed by atoms with Crippen LogP contribution in [0, 0.1) is 10.1 Å². The van der Waals surface area contributed by atoms with E-state index in [2.05, 4.69) is 15.3 Å². The van der Waals surface area contributed by atoms with Crippen molar-refractivity contribution in [2.45, 2.75) is 19.8 Å². The SMILES string of the molecule is CC(C)c1nnc2sc(/C=C/c3ccc([N+](=O)[O-])cc3)nn12. The summed E-state index contributed by atoms with van der Waals surface area (Å²) in [6.07, 6.45) is 3.73. The van der Waals surface area contributed by atoms with Gasteiger partial charge in [-0.1, -0.05) is 31.3 Å². The normalized spacial score (nSPS) is 11.8. The topological polar surface area (TPSA) is 86.2 Å². The number of nitro groups is 1. The third-order valence-electron chi connectivity index (χ3n) is 3.07. The number of nitrogens with zero attached hydrogens (tertiary/aromatic N) is 5. The zero-order valence-electron chi connectivity index (χ0n) is 12.0. The summed E-state index contributed by atoms with van der Waals surface area (Å²) in [7, 11) is 0. The van der Waals surface area contributed by atoms with Gasteiger partial charge in [-0.25, -0.2) is 0 Å².